The highest BCUT2D eigenvalue weighted by Gasteiger charge is 2.11. The predicted octanol–water partition coefficient (Wildman–Crippen LogP) is 0.797. The molecule has 2 nitrogen and oxygen atoms in total. The van der Waals surface area contributed by atoms with E-state index in [4.69, 9.17) is 4.42 Å². The van der Waals surface area contributed by atoms with E-state index in [-0.39, 0.29) is 11.0 Å². The molecule has 0 aliphatic heterocycles. The molecular formula is C12H12O2. The Hall–Kier alpha value is -1.57. The molecule has 0 atom stereocenters. The fourth-order valence-corrected chi connectivity index (χ4v) is 1.48. The van der Waals surface area contributed by atoms with E-state index in [1.54, 1.807) is 6.07 Å². The SMILES string of the molecule is CC1(C)C=CC=c2ccc(=O)oc2=C1. The van der Waals surface area contributed by atoms with Gasteiger partial charge in [-0.25, -0.2) is 4.79 Å². The minimum Gasteiger partial charge on any atom is -0.423 e. The first-order valence-electron chi connectivity index (χ1n) is 4.59. The summed E-state index contributed by atoms with van der Waals surface area (Å²) in [5.41, 5.74) is 0.289. The first-order valence-corrected chi connectivity index (χ1v) is 4.59. The monoisotopic (exact) mass is 188 g/mol. The lowest BCUT2D eigenvalue weighted by Crippen LogP contribution is -2.29. The highest BCUT2D eigenvalue weighted by atomic mass is 16.4. The van der Waals surface area contributed by atoms with Gasteiger partial charge in [0.1, 0.15) is 5.42 Å². The van der Waals surface area contributed by atoms with Crippen molar-refractivity contribution < 1.29 is 4.42 Å². The fourth-order valence-electron chi connectivity index (χ4n) is 1.48. The second kappa shape index (κ2) is 2.98. The Kier molecular flexibility index (Phi) is 1.92. The highest BCUT2D eigenvalue weighted by molar-refractivity contribution is 5.46. The van der Waals surface area contributed by atoms with Gasteiger partial charge in [-0.3, -0.25) is 0 Å². The van der Waals surface area contributed by atoms with Crippen molar-refractivity contribution in [1.82, 2.24) is 0 Å². The van der Waals surface area contributed by atoms with Crippen molar-refractivity contribution in [3.05, 3.63) is 45.3 Å². The number of allylic oxidation sites excluding steroid dienone is 2. The van der Waals surface area contributed by atoms with Gasteiger partial charge in [0, 0.05) is 16.7 Å². The van der Waals surface area contributed by atoms with E-state index in [2.05, 4.69) is 19.9 Å². The topological polar surface area (TPSA) is 30.2 Å². The van der Waals surface area contributed by atoms with Gasteiger partial charge < -0.3 is 4.42 Å². The molecule has 1 aromatic heterocycles. The Morgan fingerprint density at radius 3 is 2.86 bits per heavy atom. The normalized spacial score (nSPS) is 17.6. The summed E-state index contributed by atoms with van der Waals surface area (Å²) in [6.45, 7) is 4.14. The van der Waals surface area contributed by atoms with Crippen LogP contribution in [0, 0.1) is 5.41 Å². The van der Waals surface area contributed by atoms with Gasteiger partial charge in [0.15, 0.2) is 0 Å². The van der Waals surface area contributed by atoms with Gasteiger partial charge in [-0.05, 0) is 12.1 Å². The maximum absolute atomic E-state index is 11.0. The Balaban J connectivity index is 2.84. The maximum Gasteiger partial charge on any atom is 0.336 e. The van der Waals surface area contributed by atoms with Crippen LogP contribution in [-0.2, 0) is 0 Å². The zero-order valence-electron chi connectivity index (χ0n) is 8.28. The van der Waals surface area contributed by atoms with Crippen molar-refractivity contribution in [3.63, 3.8) is 0 Å². The summed E-state index contributed by atoms with van der Waals surface area (Å²) >= 11 is 0. The molecule has 0 spiro atoms. The van der Waals surface area contributed by atoms with Crippen molar-refractivity contribution in [2.24, 2.45) is 5.41 Å². The van der Waals surface area contributed by atoms with Crippen LogP contribution >= 0.6 is 0 Å². The van der Waals surface area contributed by atoms with Crippen LogP contribution in [0.15, 0.2) is 33.5 Å². The molecule has 2 rings (SSSR count). The van der Waals surface area contributed by atoms with Crippen molar-refractivity contribution in [2.75, 3.05) is 0 Å². The summed E-state index contributed by atoms with van der Waals surface area (Å²) in [5.74, 6) is 0. The Morgan fingerprint density at radius 1 is 1.29 bits per heavy atom. The van der Waals surface area contributed by atoms with Crippen LogP contribution in [0.3, 0.4) is 0 Å². The molecule has 1 aliphatic carbocycles. The van der Waals surface area contributed by atoms with E-state index in [1.165, 1.54) is 6.07 Å². The molecule has 1 aromatic rings. The molecule has 1 heterocycles. The predicted molar refractivity (Wildman–Crippen MR) is 56.1 cm³/mol. The molecular weight excluding hydrogens is 176 g/mol. The zero-order valence-corrected chi connectivity index (χ0v) is 8.28. The van der Waals surface area contributed by atoms with Crippen LogP contribution in [0.1, 0.15) is 13.8 Å². The molecule has 0 fully saturated rings. The van der Waals surface area contributed by atoms with E-state index in [9.17, 15) is 4.79 Å². The first-order chi connectivity index (χ1) is 6.57. The van der Waals surface area contributed by atoms with Crippen molar-refractivity contribution in [2.45, 2.75) is 13.8 Å². The Morgan fingerprint density at radius 2 is 2.07 bits per heavy atom. The molecule has 0 bridgehead atoms. The van der Waals surface area contributed by atoms with Gasteiger partial charge in [0.2, 0.25) is 0 Å². The molecule has 0 unspecified atom stereocenters. The molecule has 1 aliphatic rings. The summed E-state index contributed by atoms with van der Waals surface area (Å²) in [5, 5.41) is 0.950. The molecule has 0 N–H and O–H groups in total. The molecule has 0 aromatic carbocycles. The molecule has 0 radical (unpaired) electrons. The molecule has 2 heteroatoms. The molecule has 14 heavy (non-hydrogen) atoms. The second-order valence-corrected chi connectivity index (χ2v) is 4.07. The number of hydrogen-bond acceptors (Lipinski definition) is 2. The highest BCUT2D eigenvalue weighted by Crippen LogP contribution is 2.19. The molecule has 0 saturated carbocycles. The maximum atomic E-state index is 11.0. The van der Waals surface area contributed by atoms with Crippen LogP contribution in [0.5, 0.6) is 0 Å². The van der Waals surface area contributed by atoms with E-state index in [0.29, 0.717) is 5.42 Å². The summed E-state index contributed by atoms with van der Waals surface area (Å²) < 4.78 is 5.13. The average Bonchev–Trinajstić information content (AvgIpc) is 2.21. The molecule has 0 saturated heterocycles. The van der Waals surface area contributed by atoms with Gasteiger partial charge in [-0.15, -0.1) is 0 Å². The standard InChI is InChI=1S/C12H12O2/c1-12(2)7-3-4-9-5-6-11(13)14-10(9)8-12/h3-8H,1-2H3. The van der Waals surface area contributed by atoms with Gasteiger partial charge in [0.25, 0.3) is 0 Å². The zero-order chi connectivity index (χ0) is 10.2. The van der Waals surface area contributed by atoms with Crippen LogP contribution in [-0.4, -0.2) is 0 Å². The fraction of sp³-hybridized carbons (Fsp3) is 0.250. The van der Waals surface area contributed by atoms with Crippen LogP contribution in [0.25, 0.3) is 12.2 Å². The number of hydrogen-bond donors (Lipinski definition) is 0. The van der Waals surface area contributed by atoms with Crippen molar-refractivity contribution in [1.29, 1.82) is 0 Å². The number of rotatable bonds is 0. The minimum atomic E-state index is -0.300. The Labute approximate surface area is 81.9 Å². The quantitative estimate of drug-likeness (QED) is 0.602. The smallest absolute Gasteiger partial charge is 0.336 e. The Bertz CT molecular complexity index is 544. The largest absolute Gasteiger partial charge is 0.423 e. The van der Waals surface area contributed by atoms with Crippen LogP contribution in [0.4, 0.5) is 0 Å². The first kappa shape index (κ1) is 9.00. The lowest BCUT2D eigenvalue weighted by atomic mass is 9.93. The third-order valence-corrected chi connectivity index (χ3v) is 2.20. The lowest BCUT2D eigenvalue weighted by Gasteiger charge is -2.11. The second-order valence-electron chi connectivity index (χ2n) is 4.07. The van der Waals surface area contributed by atoms with Gasteiger partial charge >= 0.3 is 5.63 Å². The van der Waals surface area contributed by atoms with Gasteiger partial charge in [0.05, 0.1) is 0 Å². The third-order valence-electron chi connectivity index (χ3n) is 2.20. The average molecular weight is 188 g/mol. The molecule has 0 amide bonds. The lowest BCUT2D eigenvalue weighted by molar-refractivity contribution is 0.466. The van der Waals surface area contributed by atoms with E-state index in [1.807, 2.05) is 18.2 Å². The summed E-state index contributed by atoms with van der Waals surface area (Å²) in [4.78, 5) is 11.0. The number of fused-ring (bicyclic) bond motifs is 1. The summed E-state index contributed by atoms with van der Waals surface area (Å²) in [6.07, 6.45) is 7.97. The van der Waals surface area contributed by atoms with E-state index >= 15 is 0 Å². The minimum absolute atomic E-state index is 0.0704. The van der Waals surface area contributed by atoms with Gasteiger partial charge in [-0.1, -0.05) is 32.1 Å². The summed E-state index contributed by atoms with van der Waals surface area (Å²) in [6, 6.07) is 3.22. The van der Waals surface area contributed by atoms with E-state index < -0.39 is 0 Å². The van der Waals surface area contributed by atoms with Crippen molar-refractivity contribution in [3.8, 4) is 0 Å². The third kappa shape index (κ3) is 1.69. The van der Waals surface area contributed by atoms with E-state index in [0.717, 1.165) is 5.22 Å². The van der Waals surface area contributed by atoms with Crippen molar-refractivity contribution >= 4 is 12.2 Å². The van der Waals surface area contributed by atoms with Gasteiger partial charge in [-0.2, -0.15) is 0 Å². The molecule has 72 valence electrons. The van der Waals surface area contributed by atoms with Crippen LogP contribution < -0.4 is 16.3 Å². The summed E-state index contributed by atoms with van der Waals surface area (Å²) in [7, 11) is 0. The van der Waals surface area contributed by atoms with Crippen LogP contribution in [0.2, 0.25) is 0 Å².